The van der Waals surface area contributed by atoms with E-state index in [-0.39, 0.29) is 11.3 Å². The predicted molar refractivity (Wildman–Crippen MR) is 188 cm³/mol. The van der Waals surface area contributed by atoms with Crippen molar-refractivity contribution in [3.8, 4) is 5.69 Å². The minimum absolute atomic E-state index is 0.0532. The van der Waals surface area contributed by atoms with Gasteiger partial charge >= 0.3 is 0 Å². The second-order valence-corrected chi connectivity index (χ2v) is 13.3. The van der Waals surface area contributed by atoms with Gasteiger partial charge in [-0.2, -0.15) is 0 Å². The zero-order valence-corrected chi connectivity index (χ0v) is 28.9. The average Bonchev–Trinajstić information content (AvgIpc) is 3.40. The molecule has 0 saturated carbocycles. The van der Waals surface area contributed by atoms with E-state index in [2.05, 4.69) is 72.7 Å². The molecule has 4 rings (SSSR count). The van der Waals surface area contributed by atoms with Crippen LogP contribution in [0.4, 0.5) is 5.69 Å². The molecule has 1 saturated heterocycles. The third-order valence-electron chi connectivity index (χ3n) is 7.19. The molecule has 0 bridgehead atoms. The van der Waals surface area contributed by atoms with Gasteiger partial charge in [0.05, 0.1) is 16.8 Å². The minimum Gasteiger partial charge on any atom is -0.303 e. The fourth-order valence-corrected chi connectivity index (χ4v) is 6.05. The lowest BCUT2D eigenvalue weighted by Crippen LogP contribution is -2.45. The van der Waals surface area contributed by atoms with E-state index in [9.17, 15) is 9.00 Å². The molecule has 1 aliphatic rings. The van der Waals surface area contributed by atoms with Crippen LogP contribution in [0.1, 0.15) is 89.9 Å². The van der Waals surface area contributed by atoms with Gasteiger partial charge in [-0.3, -0.25) is 13.8 Å². The van der Waals surface area contributed by atoms with Crippen molar-refractivity contribution in [3.63, 3.8) is 0 Å². The summed E-state index contributed by atoms with van der Waals surface area (Å²) in [7, 11) is 0. The van der Waals surface area contributed by atoms with Crippen molar-refractivity contribution < 1.29 is 9.00 Å². The van der Waals surface area contributed by atoms with E-state index in [1.807, 2.05) is 38.1 Å². The zero-order chi connectivity index (χ0) is 32.2. The highest BCUT2D eigenvalue weighted by Gasteiger charge is 2.23. The molecule has 3 aromatic rings. The average molecular weight is 656 g/mol. The molecule has 2 aromatic carbocycles. The first-order valence-electron chi connectivity index (χ1n) is 15.1. The molecule has 9 heteroatoms. The lowest BCUT2D eigenvalue weighted by atomic mass is 10.0. The second-order valence-electron chi connectivity index (χ2n) is 10.9. The van der Waals surface area contributed by atoms with Crippen molar-refractivity contribution in [1.29, 1.82) is 0 Å². The van der Waals surface area contributed by atoms with E-state index in [0.29, 0.717) is 19.4 Å². The molecule has 2 unspecified atom stereocenters. The van der Waals surface area contributed by atoms with Crippen LogP contribution in [0, 0.1) is 0 Å². The molecule has 1 aliphatic heterocycles. The van der Waals surface area contributed by atoms with Crippen LogP contribution >= 0.6 is 23.2 Å². The Morgan fingerprint density at radius 2 is 1.82 bits per heavy atom. The van der Waals surface area contributed by atoms with E-state index in [1.165, 1.54) is 29.5 Å². The van der Waals surface area contributed by atoms with E-state index < -0.39 is 11.2 Å². The number of carbonyl (C=O) groups excluding carboxylic acids is 1. The Balaban J connectivity index is 0.000000676. The van der Waals surface area contributed by atoms with Crippen LogP contribution in [0.15, 0.2) is 78.0 Å². The molecule has 44 heavy (non-hydrogen) atoms. The van der Waals surface area contributed by atoms with Crippen LogP contribution in [0.5, 0.6) is 0 Å². The Bertz CT molecular complexity index is 1520. The summed E-state index contributed by atoms with van der Waals surface area (Å²) in [6.07, 6.45) is 12.8. The lowest BCUT2D eigenvalue weighted by molar-refractivity contribution is -0.119. The van der Waals surface area contributed by atoms with Crippen molar-refractivity contribution in [2.24, 2.45) is 0 Å². The quantitative estimate of drug-likeness (QED) is 0.175. The molecule has 1 amide bonds. The van der Waals surface area contributed by atoms with Gasteiger partial charge in [0.2, 0.25) is 17.1 Å². The van der Waals surface area contributed by atoms with Crippen LogP contribution in [0.2, 0.25) is 0 Å². The molecule has 0 spiro atoms. The van der Waals surface area contributed by atoms with Gasteiger partial charge in [-0.15, -0.1) is 11.6 Å². The van der Waals surface area contributed by atoms with Crippen molar-refractivity contribution in [2.75, 3.05) is 10.8 Å². The van der Waals surface area contributed by atoms with Gasteiger partial charge in [-0.1, -0.05) is 79.9 Å². The number of hydrogen-bond acceptors (Lipinski definition) is 3. The molecule has 2 atom stereocenters. The largest absolute Gasteiger partial charge is 0.303 e. The topological polar surface area (TPSA) is 67.2 Å². The Hall–Kier alpha value is -3.13. The predicted octanol–water partition coefficient (Wildman–Crippen LogP) is 9.14. The summed E-state index contributed by atoms with van der Waals surface area (Å²) in [4.78, 5) is 16.6. The Labute approximate surface area is 275 Å². The SMILES string of the molecule is C/C(Cl)=C\C(C)Cl.C/C=C(\C)c1cn(-c2cccc(N3CCC(=O)NS3=O)c2)c(Cc2ccc(/C(C)=C/CCCC)cc2)n1. The van der Waals surface area contributed by atoms with Crippen LogP contribution in [0.3, 0.4) is 0 Å². The molecule has 236 valence electrons. The maximum absolute atomic E-state index is 12.5. The number of allylic oxidation sites excluding steroid dienone is 6. The summed E-state index contributed by atoms with van der Waals surface area (Å²) in [6.45, 7) is 12.6. The summed E-state index contributed by atoms with van der Waals surface area (Å²) in [6, 6.07) is 16.7. The highest BCUT2D eigenvalue weighted by atomic mass is 35.5. The minimum atomic E-state index is -1.58. The number of hydrogen-bond donors (Lipinski definition) is 1. The van der Waals surface area contributed by atoms with E-state index >= 15 is 0 Å². The number of halogens is 2. The second kappa shape index (κ2) is 17.4. The summed E-state index contributed by atoms with van der Waals surface area (Å²) in [5.41, 5.74) is 7.54. The lowest BCUT2D eigenvalue weighted by Gasteiger charge is -2.27. The molecule has 6 nitrogen and oxygen atoms in total. The number of nitrogens with one attached hydrogen (secondary N) is 1. The number of alkyl halides is 1. The van der Waals surface area contributed by atoms with Gasteiger partial charge in [0.15, 0.2) is 0 Å². The standard InChI is InChI=1S/C30H36N4O2S.C5H8Cl2/c1-5-7-8-10-23(4)25-15-13-24(14-16-25)19-29-31-28(22(3)6-2)21-33(29)26-11-9-12-27(20-26)34-18-17-30(35)32-37(34)36;1-4(6)3-5(2)7/h6,9-16,20-21H,5,7-8,17-19H2,1-4H3,(H,32,35);3-4H,1-2H3/b22-6+,23-10+;5-3+. The highest BCUT2D eigenvalue weighted by Crippen LogP contribution is 2.26. The third-order valence-corrected chi connectivity index (χ3v) is 8.64. The first-order valence-corrected chi connectivity index (χ1v) is 17.0. The summed E-state index contributed by atoms with van der Waals surface area (Å²) >= 11 is 9.38. The van der Waals surface area contributed by atoms with E-state index in [4.69, 9.17) is 28.2 Å². The smallest absolute Gasteiger partial charge is 0.234 e. The Morgan fingerprint density at radius 3 is 2.41 bits per heavy atom. The fourth-order valence-electron chi connectivity index (χ4n) is 4.64. The van der Waals surface area contributed by atoms with Gasteiger partial charge in [-0.25, -0.2) is 9.19 Å². The highest BCUT2D eigenvalue weighted by molar-refractivity contribution is 7.85. The van der Waals surface area contributed by atoms with Crippen molar-refractivity contribution in [2.45, 2.75) is 79.0 Å². The normalized spacial score (nSPS) is 16.7. The Morgan fingerprint density at radius 1 is 1.11 bits per heavy atom. The number of amides is 1. The van der Waals surface area contributed by atoms with Crippen LogP contribution < -0.4 is 9.03 Å². The molecular formula is C35H44Cl2N4O2S. The monoisotopic (exact) mass is 654 g/mol. The van der Waals surface area contributed by atoms with Gasteiger partial charge in [0, 0.05) is 36.3 Å². The summed E-state index contributed by atoms with van der Waals surface area (Å²) in [5, 5.41) is 0.806. The number of rotatable bonds is 10. The Kier molecular flexibility index (Phi) is 14.0. The number of imidazole rings is 1. The first kappa shape index (κ1) is 35.4. The van der Waals surface area contributed by atoms with Gasteiger partial charge in [0.25, 0.3) is 0 Å². The third kappa shape index (κ3) is 10.5. The number of anilines is 1. The molecule has 1 aromatic heterocycles. The number of nitrogens with zero attached hydrogens (tertiary/aromatic N) is 3. The number of carbonyl (C=O) groups is 1. The molecular weight excluding hydrogens is 611 g/mol. The molecule has 1 N–H and O–H groups in total. The molecule has 2 heterocycles. The van der Waals surface area contributed by atoms with E-state index in [1.54, 1.807) is 17.3 Å². The van der Waals surface area contributed by atoms with Crippen molar-refractivity contribution in [1.82, 2.24) is 14.3 Å². The van der Waals surface area contributed by atoms with Crippen LogP contribution in [-0.2, 0) is 22.4 Å². The van der Waals surface area contributed by atoms with Gasteiger partial charge in [-0.05, 0) is 81.5 Å². The van der Waals surface area contributed by atoms with Gasteiger partial charge < -0.3 is 4.57 Å². The zero-order valence-electron chi connectivity index (χ0n) is 26.6. The van der Waals surface area contributed by atoms with E-state index in [0.717, 1.165) is 39.9 Å². The number of aromatic nitrogens is 2. The number of benzene rings is 2. The van der Waals surface area contributed by atoms with Gasteiger partial charge in [0.1, 0.15) is 5.82 Å². The molecule has 0 aliphatic carbocycles. The summed E-state index contributed by atoms with van der Waals surface area (Å²) in [5.74, 6) is 0.746. The summed E-state index contributed by atoms with van der Waals surface area (Å²) < 4.78 is 18.9. The molecule has 0 radical (unpaired) electrons. The van der Waals surface area contributed by atoms with Crippen LogP contribution in [0.25, 0.3) is 16.8 Å². The van der Waals surface area contributed by atoms with Crippen LogP contribution in [-0.4, -0.2) is 31.6 Å². The molecule has 1 fully saturated rings. The number of unbranched alkanes of at least 4 members (excludes halogenated alkanes) is 2. The fraction of sp³-hybridized carbons (Fsp3) is 0.371. The van der Waals surface area contributed by atoms with Crippen molar-refractivity contribution in [3.05, 3.63) is 101 Å². The first-order chi connectivity index (χ1) is 21.0. The maximum Gasteiger partial charge on any atom is 0.234 e. The maximum atomic E-state index is 12.5. The van der Waals surface area contributed by atoms with Crippen molar-refractivity contribution >= 4 is 57.1 Å².